The summed E-state index contributed by atoms with van der Waals surface area (Å²) in [6.45, 7) is 8.36. The summed E-state index contributed by atoms with van der Waals surface area (Å²) >= 11 is 0. The van der Waals surface area contributed by atoms with Crippen LogP contribution < -0.4 is 10.1 Å². The molecular formula is C14H24N4O. The van der Waals surface area contributed by atoms with Gasteiger partial charge in [0, 0.05) is 25.4 Å². The Kier molecular flexibility index (Phi) is 5.39. The molecule has 2 rings (SSSR count). The van der Waals surface area contributed by atoms with Crippen LogP contribution in [0.4, 0.5) is 5.95 Å². The molecule has 0 saturated carbocycles. The molecule has 5 heteroatoms. The smallest absolute Gasteiger partial charge is 0.225 e. The summed E-state index contributed by atoms with van der Waals surface area (Å²) in [4.78, 5) is 11.0. The van der Waals surface area contributed by atoms with Gasteiger partial charge in [0.05, 0.1) is 6.10 Å². The van der Waals surface area contributed by atoms with Crippen LogP contribution in [0.3, 0.4) is 0 Å². The van der Waals surface area contributed by atoms with Gasteiger partial charge in [-0.05, 0) is 39.8 Å². The monoisotopic (exact) mass is 264 g/mol. The van der Waals surface area contributed by atoms with Crippen LogP contribution in [0.25, 0.3) is 0 Å². The molecular weight excluding hydrogens is 240 g/mol. The van der Waals surface area contributed by atoms with Gasteiger partial charge in [-0.1, -0.05) is 6.42 Å². The molecule has 1 aliphatic rings. The molecule has 0 spiro atoms. The second kappa shape index (κ2) is 7.28. The van der Waals surface area contributed by atoms with Gasteiger partial charge >= 0.3 is 0 Å². The van der Waals surface area contributed by atoms with Crippen LogP contribution >= 0.6 is 0 Å². The van der Waals surface area contributed by atoms with E-state index in [1.165, 1.54) is 32.4 Å². The lowest BCUT2D eigenvalue weighted by molar-refractivity contribution is 0.232. The zero-order valence-electron chi connectivity index (χ0n) is 11.9. The van der Waals surface area contributed by atoms with Crippen molar-refractivity contribution >= 4 is 5.95 Å². The number of piperidine rings is 1. The maximum atomic E-state index is 5.55. The molecule has 0 aromatic carbocycles. The van der Waals surface area contributed by atoms with E-state index in [9.17, 15) is 0 Å². The Morgan fingerprint density at radius 2 is 2.11 bits per heavy atom. The molecule has 0 aliphatic carbocycles. The largest absolute Gasteiger partial charge is 0.475 e. The van der Waals surface area contributed by atoms with Crippen molar-refractivity contribution in [2.45, 2.75) is 39.2 Å². The molecule has 2 heterocycles. The second-order valence-corrected chi connectivity index (χ2v) is 5.21. The molecule has 19 heavy (non-hydrogen) atoms. The van der Waals surface area contributed by atoms with Crippen molar-refractivity contribution < 1.29 is 4.74 Å². The van der Waals surface area contributed by atoms with E-state index >= 15 is 0 Å². The highest BCUT2D eigenvalue weighted by atomic mass is 16.5. The number of rotatable bonds is 6. The van der Waals surface area contributed by atoms with Gasteiger partial charge in [-0.25, -0.2) is 4.98 Å². The van der Waals surface area contributed by atoms with Crippen LogP contribution in [0.5, 0.6) is 5.88 Å². The molecule has 1 fully saturated rings. The van der Waals surface area contributed by atoms with E-state index in [2.05, 4.69) is 20.2 Å². The molecule has 1 aromatic heterocycles. The highest BCUT2D eigenvalue weighted by Gasteiger charge is 2.09. The first-order valence-corrected chi connectivity index (χ1v) is 7.20. The van der Waals surface area contributed by atoms with Crippen LogP contribution in [-0.4, -0.2) is 47.2 Å². The minimum atomic E-state index is 0.135. The summed E-state index contributed by atoms with van der Waals surface area (Å²) in [6.07, 6.45) is 5.90. The Morgan fingerprint density at radius 3 is 2.84 bits per heavy atom. The standard InChI is InChI=1S/C14H24N4O/c1-12(2)19-13-6-7-15-14(17-13)16-8-11-18-9-4-3-5-10-18/h6-7,12H,3-5,8-11H2,1-2H3,(H,15,16,17). The van der Waals surface area contributed by atoms with E-state index in [4.69, 9.17) is 4.74 Å². The number of likely N-dealkylation sites (tertiary alicyclic amines) is 1. The summed E-state index contributed by atoms with van der Waals surface area (Å²) in [5, 5.41) is 3.26. The normalized spacial score (nSPS) is 16.6. The van der Waals surface area contributed by atoms with Crippen molar-refractivity contribution in [3.8, 4) is 5.88 Å². The Hall–Kier alpha value is -1.36. The van der Waals surface area contributed by atoms with Crippen molar-refractivity contribution in [3.63, 3.8) is 0 Å². The molecule has 0 atom stereocenters. The van der Waals surface area contributed by atoms with Crippen molar-refractivity contribution in [2.75, 3.05) is 31.5 Å². The first kappa shape index (κ1) is 14.1. The lowest BCUT2D eigenvalue weighted by atomic mass is 10.1. The SMILES string of the molecule is CC(C)Oc1ccnc(NCCN2CCCCC2)n1. The van der Waals surface area contributed by atoms with Crippen molar-refractivity contribution in [1.82, 2.24) is 14.9 Å². The van der Waals surface area contributed by atoms with Crippen LogP contribution in [-0.2, 0) is 0 Å². The quantitative estimate of drug-likeness (QED) is 0.853. The molecule has 106 valence electrons. The third-order valence-electron chi connectivity index (χ3n) is 3.15. The fourth-order valence-corrected chi connectivity index (χ4v) is 2.24. The number of hydrogen-bond donors (Lipinski definition) is 1. The summed E-state index contributed by atoms with van der Waals surface area (Å²) in [5.74, 6) is 1.28. The topological polar surface area (TPSA) is 50.3 Å². The van der Waals surface area contributed by atoms with E-state index < -0.39 is 0 Å². The summed E-state index contributed by atoms with van der Waals surface area (Å²) in [5.41, 5.74) is 0. The number of aromatic nitrogens is 2. The Bertz CT molecular complexity index is 377. The molecule has 0 unspecified atom stereocenters. The van der Waals surface area contributed by atoms with E-state index in [0.29, 0.717) is 11.8 Å². The zero-order valence-corrected chi connectivity index (χ0v) is 11.9. The summed E-state index contributed by atoms with van der Waals surface area (Å²) in [7, 11) is 0. The van der Waals surface area contributed by atoms with Crippen LogP contribution in [0.1, 0.15) is 33.1 Å². The highest BCUT2D eigenvalue weighted by molar-refractivity contribution is 5.27. The lowest BCUT2D eigenvalue weighted by Crippen LogP contribution is -2.33. The maximum Gasteiger partial charge on any atom is 0.225 e. The molecule has 1 saturated heterocycles. The van der Waals surface area contributed by atoms with Crippen LogP contribution in [0, 0.1) is 0 Å². The van der Waals surface area contributed by atoms with Crippen molar-refractivity contribution in [3.05, 3.63) is 12.3 Å². The summed E-state index contributed by atoms with van der Waals surface area (Å²) < 4.78 is 5.55. The van der Waals surface area contributed by atoms with E-state index in [-0.39, 0.29) is 6.10 Å². The van der Waals surface area contributed by atoms with Gasteiger partial charge in [-0.2, -0.15) is 4.98 Å². The van der Waals surface area contributed by atoms with Crippen molar-refractivity contribution in [2.24, 2.45) is 0 Å². The molecule has 1 N–H and O–H groups in total. The molecule has 5 nitrogen and oxygen atoms in total. The highest BCUT2D eigenvalue weighted by Crippen LogP contribution is 2.11. The second-order valence-electron chi connectivity index (χ2n) is 5.21. The zero-order chi connectivity index (χ0) is 13.5. The van der Waals surface area contributed by atoms with E-state index in [1.54, 1.807) is 12.3 Å². The van der Waals surface area contributed by atoms with E-state index in [0.717, 1.165) is 13.1 Å². The third kappa shape index (κ3) is 5.03. The summed E-state index contributed by atoms with van der Waals surface area (Å²) in [6, 6.07) is 1.79. The van der Waals surface area contributed by atoms with Gasteiger partial charge in [0.1, 0.15) is 0 Å². The lowest BCUT2D eigenvalue weighted by Gasteiger charge is -2.26. The number of nitrogens with one attached hydrogen (secondary N) is 1. The van der Waals surface area contributed by atoms with Crippen molar-refractivity contribution in [1.29, 1.82) is 0 Å². The van der Waals surface area contributed by atoms with Gasteiger partial charge in [0.15, 0.2) is 0 Å². The maximum absolute atomic E-state index is 5.55. The van der Waals surface area contributed by atoms with E-state index in [1.807, 2.05) is 13.8 Å². The number of hydrogen-bond acceptors (Lipinski definition) is 5. The molecule has 1 aliphatic heterocycles. The van der Waals surface area contributed by atoms with Gasteiger partial charge in [-0.15, -0.1) is 0 Å². The molecule has 0 radical (unpaired) electrons. The van der Waals surface area contributed by atoms with Gasteiger partial charge in [0.2, 0.25) is 11.8 Å². The van der Waals surface area contributed by atoms with Crippen LogP contribution in [0.2, 0.25) is 0 Å². The minimum Gasteiger partial charge on any atom is -0.475 e. The first-order chi connectivity index (χ1) is 9.24. The average Bonchev–Trinajstić information content (AvgIpc) is 2.40. The average molecular weight is 264 g/mol. The fourth-order valence-electron chi connectivity index (χ4n) is 2.24. The van der Waals surface area contributed by atoms with Gasteiger partial charge in [0.25, 0.3) is 0 Å². The predicted molar refractivity (Wildman–Crippen MR) is 76.6 cm³/mol. The van der Waals surface area contributed by atoms with Gasteiger partial charge in [-0.3, -0.25) is 0 Å². The Balaban J connectivity index is 1.75. The number of nitrogens with zero attached hydrogens (tertiary/aromatic N) is 3. The number of anilines is 1. The minimum absolute atomic E-state index is 0.135. The van der Waals surface area contributed by atoms with Gasteiger partial charge < -0.3 is 15.0 Å². The Morgan fingerprint density at radius 1 is 1.32 bits per heavy atom. The molecule has 0 amide bonds. The fraction of sp³-hybridized carbons (Fsp3) is 0.714. The molecule has 0 bridgehead atoms. The van der Waals surface area contributed by atoms with Crippen LogP contribution in [0.15, 0.2) is 12.3 Å². The Labute approximate surface area is 115 Å². The number of ether oxygens (including phenoxy) is 1. The third-order valence-corrected chi connectivity index (χ3v) is 3.15. The predicted octanol–water partition coefficient (Wildman–Crippen LogP) is 2.16. The molecule has 1 aromatic rings. The first-order valence-electron chi connectivity index (χ1n) is 7.20.